The maximum Gasteiger partial charge on any atom is 0.253 e. The fourth-order valence-corrected chi connectivity index (χ4v) is 3.18. The van der Waals surface area contributed by atoms with Gasteiger partial charge in [-0.3, -0.25) is 4.79 Å². The number of nitrogens with one attached hydrogen (secondary N) is 1. The molecule has 1 aromatic heterocycles. The molecule has 1 aromatic rings. The Morgan fingerprint density at radius 3 is 2.78 bits per heavy atom. The van der Waals surface area contributed by atoms with E-state index in [9.17, 15) is 13.2 Å². The lowest BCUT2D eigenvalue weighted by atomic mass is 10.0. The molecule has 1 atom stereocenters. The summed E-state index contributed by atoms with van der Waals surface area (Å²) in [6, 6.07) is 1.79. The molecule has 0 aliphatic carbocycles. The maximum atomic E-state index is 12.4. The summed E-state index contributed by atoms with van der Waals surface area (Å²) in [4.78, 5) is 12.4. The summed E-state index contributed by atoms with van der Waals surface area (Å²) in [5.74, 6) is 0.403. The van der Waals surface area contributed by atoms with Gasteiger partial charge in [0.1, 0.15) is 0 Å². The number of sulfonamides is 1. The van der Waals surface area contributed by atoms with Crippen molar-refractivity contribution in [2.45, 2.75) is 38.8 Å². The minimum atomic E-state index is -3.36. The quantitative estimate of drug-likeness (QED) is 0.832. The Hall–Kier alpha value is -1.45. The van der Waals surface area contributed by atoms with Crippen molar-refractivity contribution in [1.29, 1.82) is 0 Å². The number of nitrogens with zero attached hydrogens (tertiary/aromatic N) is 2. The molecule has 1 N–H and O–H groups in total. The first-order valence-electron chi connectivity index (χ1n) is 7.45. The van der Waals surface area contributed by atoms with E-state index in [1.807, 2.05) is 13.8 Å². The number of amides is 1. The van der Waals surface area contributed by atoms with Crippen LogP contribution in [0.2, 0.25) is 0 Å². The van der Waals surface area contributed by atoms with Gasteiger partial charge in [-0.1, -0.05) is 19.0 Å². The van der Waals surface area contributed by atoms with Crippen molar-refractivity contribution in [2.24, 2.45) is 0 Å². The Morgan fingerprint density at radius 1 is 1.52 bits per heavy atom. The minimum absolute atomic E-state index is 0.00862. The van der Waals surface area contributed by atoms with Gasteiger partial charge in [0, 0.05) is 12.6 Å². The van der Waals surface area contributed by atoms with Crippen LogP contribution in [0.5, 0.6) is 0 Å². The van der Waals surface area contributed by atoms with Crippen molar-refractivity contribution < 1.29 is 22.5 Å². The number of carbonyl (C=O) groups excluding carboxylic acids is 1. The molecule has 1 aliphatic rings. The number of hydrogen-bond donors (Lipinski definition) is 1. The van der Waals surface area contributed by atoms with Gasteiger partial charge in [0.15, 0.2) is 11.4 Å². The number of aromatic nitrogens is 1. The summed E-state index contributed by atoms with van der Waals surface area (Å²) >= 11 is 0. The molecule has 8 nitrogen and oxygen atoms in total. The fraction of sp³-hybridized carbons (Fsp3) is 0.714. The molecule has 130 valence electrons. The highest BCUT2D eigenvalue weighted by molar-refractivity contribution is 7.88. The Balaban J connectivity index is 1.98. The molecule has 0 aromatic carbocycles. The topological polar surface area (TPSA) is 102 Å². The zero-order valence-corrected chi connectivity index (χ0v) is 14.6. The first-order chi connectivity index (χ1) is 10.6. The number of ether oxygens (including phenoxy) is 1. The Kier molecular flexibility index (Phi) is 5.12. The summed E-state index contributed by atoms with van der Waals surface area (Å²) in [6.07, 6.45) is 1.12. The van der Waals surface area contributed by atoms with Gasteiger partial charge in [-0.25, -0.2) is 8.42 Å². The van der Waals surface area contributed by atoms with E-state index in [2.05, 4.69) is 10.5 Å². The van der Waals surface area contributed by atoms with E-state index < -0.39 is 15.6 Å². The van der Waals surface area contributed by atoms with Gasteiger partial charge in [0.05, 0.1) is 31.6 Å². The zero-order chi connectivity index (χ0) is 17.3. The van der Waals surface area contributed by atoms with Crippen LogP contribution < -0.4 is 5.32 Å². The largest absolute Gasteiger partial charge is 0.363 e. The first-order valence-corrected chi connectivity index (χ1v) is 9.29. The molecule has 2 heterocycles. The lowest BCUT2D eigenvalue weighted by Gasteiger charge is -2.37. The average molecular weight is 345 g/mol. The van der Waals surface area contributed by atoms with E-state index in [1.165, 1.54) is 4.31 Å². The van der Waals surface area contributed by atoms with Gasteiger partial charge in [-0.2, -0.15) is 4.31 Å². The zero-order valence-electron chi connectivity index (χ0n) is 13.8. The fourth-order valence-electron chi connectivity index (χ4n) is 2.29. The second-order valence-corrected chi connectivity index (χ2v) is 8.21. The molecule has 1 saturated heterocycles. The van der Waals surface area contributed by atoms with Gasteiger partial charge >= 0.3 is 0 Å². The average Bonchev–Trinajstić information content (AvgIpc) is 2.93. The monoisotopic (exact) mass is 345 g/mol. The van der Waals surface area contributed by atoms with E-state index in [0.29, 0.717) is 5.76 Å². The van der Waals surface area contributed by atoms with Crippen molar-refractivity contribution in [3.8, 4) is 0 Å². The van der Waals surface area contributed by atoms with Gasteiger partial charge in [0.25, 0.3) is 5.91 Å². The molecule has 23 heavy (non-hydrogen) atoms. The molecule has 0 saturated carbocycles. The van der Waals surface area contributed by atoms with Crippen molar-refractivity contribution in [3.05, 3.63) is 17.5 Å². The van der Waals surface area contributed by atoms with E-state index in [0.717, 1.165) is 11.9 Å². The van der Waals surface area contributed by atoms with E-state index in [1.54, 1.807) is 13.0 Å². The molecule has 0 bridgehead atoms. The van der Waals surface area contributed by atoms with Crippen LogP contribution in [-0.2, 0) is 26.1 Å². The molecule has 1 amide bonds. The molecular weight excluding hydrogens is 322 g/mol. The molecule has 1 aliphatic heterocycles. The lowest BCUT2D eigenvalue weighted by Crippen LogP contribution is -2.59. The summed E-state index contributed by atoms with van der Waals surface area (Å²) < 4.78 is 35.2. The van der Waals surface area contributed by atoms with Crippen molar-refractivity contribution in [1.82, 2.24) is 14.8 Å². The second-order valence-electron chi connectivity index (χ2n) is 6.23. The standard InChI is InChI=1S/C14H23N3O5S/c1-10(2)12-7-11(22-16-12)8-15-13(18)14(3)9-17(5-6-21-14)23(4,19)20/h7,10H,5-6,8-9H2,1-4H3,(H,15,18). The van der Waals surface area contributed by atoms with Crippen LogP contribution in [0, 0.1) is 0 Å². The molecule has 1 fully saturated rings. The smallest absolute Gasteiger partial charge is 0.253 e. The third-order valence-corrected chi connectivity index (χ3v) is 5.03. The lowest BCUT2D eigenvalue weighted by molar-refractivity contribution is -0.152. The van der Waals surface area contributed by atoms with Crippen LogP contribution in [0.15, 0.2) is 10.6 Å². The molecule has 1 unspecified atom stereocenters. The van der Waals surface area contributed by atoms with Crippen molar-refractivity contribution in [3.63, 3.8) is 0 Å². The summed E-state index contributed by atoms with van der Waals surface area (Å²) in [7, 11) is -3.36. The number of morpholine rings is 1. The summed E-state index contributed by atoms with van der Waals surface area (Å²) in [5.41, 5.74) is -0.403. The van der Waals surface area contributed by atoms with Gasteiger partial charge < -0.3 is 14.6 Å². The number of hydrogen-bond acceptors (Lipinski definition) is 6. The Labute approximate surface area is 136 Å². The normalized spacial score (nSPS) is 23.2. The van der Waals surface area contributed by atoms with Crippen LogP contribution in [0.25, 0.3) is 0 Å². The third-order valence-electron chi connectivity index (χ3n) is 3.78. The third kappa shape index (κ3) is 4.30. The van der Waals surface area contributed by atoms with E-state index >= 15 is 0 Å². The predicted molar refractivity (Wildman–Crippen MR) is 83.2 cm³/mol. The van der Waals surface area contributed by atoms with Crippen molar-refractivity contribution in [2.75, 3.05) is 26.0 Å². The van der Waals surface area contributed by atoms with Crippen LogP contribution in [0.4, 0.5) is 0 Å². The maximum absolute atomic E-state index is 12.4. The molecule has 0 spiro atoms. The van der Waals surface area contributed by atoms with Gasteiger partial charge in [-0.15, -0.1) is 0 Å². The predicted octanol–water partition coefficient (Wildman–Crippen LogP) is 0.465. The highest BCUT2D eigenvalue weighted by Gasteiger charge is 2.41. The van der Waals surface area contributed by atoms with Gasteiger partial charge in [-0.05, 0) is 12.8 Å². The number of rotatable bonds is 5. The Bertz CT molecular complexity index is 670. The highest BCUT2D eigenvalue weighted by atomic mass is 32.2. The van der Waals surface area contributed by atoms with Crippen molar-refractivity contribution >= 4 is 15.9 Å². The summed E-state index contributed by atoms with van der Waals surface area (Å²) in [6.45, 7) is 6.17. The van der Waals surface area contributed by atoms with E-state index in [4.69, 9.17) is 9.26 Å². The molecular formula is C14H23N3O5S. The van der Waals surface area contributed by atoms with Crippen LogP contribution in [0.1, 0.15) is 38.1 Å². The van der Waals surface area contributed by atoms with E-state index in [-0.39, 0.29) is 38.1 Å². The second kappa shape index (κ2) is 6.58. The van der Waals surface area contributed by atoms with Gasteiger partial charge in [0.2, 0.25) is 10.0 Å². The van der Waals surface area contributed by atoms with Crippen LogP contribution in [0.3, 0.4) is 0 Å². The SMILES string of the molecule is CC(C)c1cc(CNC(=O)C2(C)CN(S(C)(=O)=O)CCO2)on1. The Morgan fingerprint density at radius 2 is 2.22 bits per heavy atom. The number of carbonyl (C=O) groups is 1. The van der Waals surface area contributed by atoms with Crippen LogP contribution in [-0.4, -0.2) is 55.3 Å². The molecule has 2 rings (SSSR count). The van der Waals surface area contributed by atoms with Crippen LogP contribution >= 0.6 is 0 Å². The summed E-state index contributed by atoms with van der Waals surface area (Å²) in [5, 5.41) is 6.64. The first kappa shape index (κ1) is 17.9. The molecule has 0 radical (unpaired) electrons. The molecule has 9 heteroatoms. The highest BCUT2D eigenvalue weighted by Crippen LogP contribution is 2.20. The minimum Gasteiger partial charge on any atom is -0.363 e.